The van der Waals surface area contributed by atoms with E-state index in [4.69, 9.17) is 0 Å². The van der Waals surface area contributed by atoms with E-state index in [1.165, 1.54) is 25.7 Å². The van der Waals surface area contributed by atoms with Gasteiger partial charge in [0.2, 0.25) is 5.91 Å². The van der Waals surface area contributed by atoms with Gasteiger partial charge in [-0.2, -0.15) is 0 Å². The van der Waals surface area contributed by atoms with Crippen molar-refractivity contribution in [1.29, 1.82) is 0 Å². The van der Waals surface area contributed by atoms with Crippen molar-refractivity contribution < 1.29 is 4.79 Å². The van der Waals surface area contributed by atoms with Crippen molar-refractivity contribution in [3.05, 3.63) is 24.3 Å². The molecule has 1 aromatic carbocycles. The first kappa shape index (κ1) is 15.5. The zero-order valence-electron chi connectivity index (χ0n) is 12.4. The minimum Gasteiger partial charge on any atom is -0.370 e. The molecule has 0 aliphatic heterocycles. The van der Waals surface area contributed by atoms with Gasteiger partial charge in [0.05, 0.1) is 11.4 Å². The van der Waals surface area contributed by atoms with Crippen LogP contribution in [0.4, 0.5) is 11.4 Å². The lowest BCUT2D eigenvalue weighted by atomic mass is 10.2. The molecule has 1 N–H and O–H groups in total. The number of amides is 1. The van der Waals surface area contributed by atoms with Gasteiger partial charge >= 0.3 is 0 Å². The zero-order valence-corrected chi connectivity index (χ0v) is 12.4. The highest BCUT2D eigenvalue weighted by Crippen LogP contribution is 2.26. The number of hydrogen-bond donors (Lipinski definition) is 1. The van der Waals surface area contributed by atoms with E-state index in [0.717, 1.165) is 24.5 Å². The number of nitrogens with one attached hydrogen (secondary N) is 1. The summed E-state index contributed by atoms with van der Waals surface area (Å²) in [5, 5.41) is 2.93. The highest BCUT2D eigenvalue weighted by atomic mass is 16.1. The van der Waals surface area contributed by atoms with Gasteiger partial charge in [-0.15, -0.1) is 0 Å². The average molecular weight is 262 g/mol. The Labute approximate surface area is 117 Å². The second-order valence-corrected chi connectivity index (χ2v) is 4.89. The number of rotatable bonds is 8. The van der Waals surface area contributed by atoms with Gasteiger partial charge in [0.15, 0.2) is 0 Å². The molecule has 0 fully saturated rings. The van der Waals surface area contributed by atoms with Crippen molar-refractivity contribution in [2.75, 3.05) is 23.3 Å². The quantitative estimate of drug-likeness (QED) is 0.766. The van der Waals surface area contributed by atoms with E-state index in [2.05, 4.69) is 30.1 Å². The highest BCUT2D eigenvalue weighted by molar-refractivity contribution is 5.92. The van der Waals surface area contributed by atoms with Crippen LogP contribution in [0, 0.1) is 0 Å². The summed E-state index contributed by atoms with van der Waals surface area (Å²) in [4.78, 5) is 13.7. The molecule has 0 bridgehead atoms. The molecule has 19 heavy (non-hydrogen) atoms. The monoisotopic (exact) mass is 262 g/mol. The largest absolute Gasteiger partial charge is 0.370 e. The molecule has 0 aromatic heterocycles. The molecule has 0 unspecified atom stereocenters. The highest BCUT2D eigenvalue weighted by Gasteiger charge is 2.10. The summed E-state index contributed by atoms with van der Waals surface area (Å²) in [5.41, 5.74) is 2.06. The maximum absolute atomic E-state index is 11.3. The number of carbonyl (C=O) groups is 1. The van der Waals surface area contributed by atoms with Crippen LogP contribution in [0.15, 0.2) is 24.3 Å². The van der Waals surface area contributed by atoms with Gasteiger partial charge in [-0.05, 0) is 25.0 Å². The first-order valence-corrected chi connectivity index (χ1v) is 7.30. The second-order valence-electron chi connectivity index (χ2n) is 4.89. The van der Waals surface area contributed by atoms with Gasteiger partial charge < -0.3 is 10.2 Å². The van der Waals surface area contributed by atoms with Crippen molar-refractivity contribution in [3.63, 3.8) is 0 Å². The van der Waals surface area contributed by atoms with Crippen LogP contribution >= 0.6 is 0 Å². The minimum absolute atomic E-state index is 0.0154. The van der Waals surface area contributed by atoms with Crippen molar-refractivity contribution in [2.45, 2.75) is 46.5 Å². The molecule has 0 saturated heterocycles. The molecular formula is C16H26N2O. The maximum Gasteiger partial charge on any atom is 0.221 e. The molecule has 1 amide bonds. The minimum atomic E-state index is -0.0154. The van der Waals surface area contributed by atoms with E-state index in [1.807, 2.05) is 18.2 Å². The van der Waals surface area contributed by atoms with Crippen LogP contribution in [0.1, 0.15) is 46.5 Å². The zero-order chi connectivity index (χ0) is 14.1. The summed E-state index contributed by atoms with van der Waals surface area (Å²) < 4.78 is 0. The topological polar surface area (TPSA) is 32.3 Å². The van der Waals surface area contributed by atoms with Gasteiger partial charge in [-0.25, -0.2) is 0 Å². The molecule has 0 radical (unpaired) electrons. The van der Waals surface area contributed by atoms with Gasteiger partial charge in [0.25, 0.3) is 0 Å². The number of nitrogens with zero attached hydrogens (tertiary/aromatic N) is 1. The van der Waals surface area contributed by atoms with Crippen molar-refractivity contribution in [2.24, 2.45) is 0 Å². The predicted octanol–water partition coefficient (Wildman–Crippen LogP) is 4.05. The number of para-hydroxylation sites is 2. The van der Waals surface area contributed by atoms with Crippen LogP contribution in [0.5, 0.6) is 0 Å². The average Bonchev–Trinajstić information content (AvgIpc) is 2.39. The van der Waals surface area contributed by atoms with Crippen molar-refractivity contribution in [3.8, 4) is 0 Å². The molecule has 3 heteroatoms. The molecule has 0 aliphatic carbocycles. The van der Waals surface area contributed by atoms with E-state index in [1.54, 1.807) is 6.92 Å². The smallest absolute Gasteiger partial charge is 0.221 e. The number of benzene rings is 1. The summed E-state index contributed by atoms with van der Waals surface area (Å²) in [6.45, 7) is 8.06. The fourth-order valence-corrected chi connectivity index (χ4v) is 2.10. The summed E-state index contributed by atoms with van der Waals surface area (Å²) in [6, 6.07) is 8.07. The van der Waals surface area contributed by atoms with Crippen LogP contribution in [-0.4, -0.2) is 19.0 Å². The van der Waals surface area contributed by atoms with Crippen LogP contribution < -0.4 is 10.2 Å². The molecule has 1 aromatic rings. The van der Waals surface area contributed by atoms with E-state index in [-0.39, 0.29) is 5.91 Å². The Balaban J connectivity index is 2.88. The molecule has 0 saturated carbocycles. The van der Waals surface area contributed by atoms with Crippen LogP contribution in [0.3, 0.4) is 0 Å². The number of hydrogen-bond acceptors (Lipinski definition) is 2. The van der Waals surface area contributed by atoms with Gasteiger partial charge in [0, 0.05) is 20.0 Å². The summed E-state index contributed by atoms with van der Waals surface area (Å²) >= 11 is 0. The van der Waals surface area contributed by atoms with E-state index < -0.39 is 0 Å². The van der Waals surface area contributed by atoms with Crippen LogP contribution in [0.2, 0.25) is 0 Å². The summed E-state index contributed by atoms with van der Waals surface area (Å²) in [6.07, 6.45) is 4.73. The molecule has 3 nitrogen and oxygen atoms in total. The lowest BCUT2D eigenvalue weighted by Crippen LogP contribution is -2.26. The summed E-state index contributed by atoms with van der Waals surface area (Å²) in [7, 11) is 0. The molecule has 0 heterocycles. The molecule has 1 rings (SSSR count). The predicted molar refractivity (Wildman–Crippen MR) is 82.8 cm³/mol. The first-order valence-electron chi connectivity index (χ1n) is 7.30. The normalized spacial score (nSPS) is 10.3. The van der Waals surface area contributed by atoms with Gasteiger partial charge in [-0.1, -0.05) is 38.8 Å². The van der Waals surface area contributed by atoms with E-state index in [9.17, 15) is 4.79 Å². The summed E-state index contributed by atoms with van der Waals surface area (Å²) in [5.74, 6) is -0.0154. The fourth-order valence-electron chi connectivity index (χ4n) is 2.10. The van der Waals surface area contributed by atoms with Crippen molar-refractivity contribution in [1.82, 2.24) is 0 Å². The Morgan fingerprint density at radius 1 is 1.11 bits per heavy atom. The Morgan fingerprint density at radius 2 is 1.68 bits per heavy atom. The second kappa shape index (κ2) is 8.57. The first-order chi connectivity index (χ1) is 9.19. The molecule has 106 valence electrons. The third-order valence-electron chi connectivity index (χ3n) is 3.12. The molecule has 0 spiro atoms. The Bertz CT molecular complexity index is 382. The van der Waals surface area contributed by atoms with Crippen molar-refractivity contribution >= 4 is 17.3 Å². The number of carbonyl (C=O) groups excluding carboxylic acids is 1. The van der Waals surface area contributed by atoms with E-state index in [0.29, 0.717) is 0 Å². The molecule has 0 atom stereocenters. The standard InChI is InChI=1S/C16H26N2O/c1-4-6-12-18(13-7-5-2)16-11-9-8-10-15(16)17-14(3)19/h8-11H,4-7,12-13H2,1-3H3,(H,17,19). The van der Waals surface area contributed by atoms with E-state index >= 15 is 0 Å². The number of unbranched alkanes of at least 4 members (excludes halogenated alkanes) is 2. The molecule has 0 aliphatic rings. The third-order valence-corrected chi connectivity index (χ3v) is 3.12. The Hall–Kier alpha value is -1.51. The third kappa shape index (κ3) is 5.33. The SMILES string of the molecule is CCCCN(CCCC)c1ccccc1NC(C)=O. The fraction of sp³-hybridized carbons (Fsp3) is 0.562. The van der Waals surface area contributed by atoms with Gasteiger partial charge in [-0.3, -0.25) is 4.79 Å². The Kier molecular flexibility index (Phi) is 7.01. The number of anilines is 2. The molecular weight excluding hydrogens is 236 g/mol. The maximum atomic E-state index is 11.3. The lowest BCUT2D eigenvalue weighted by molar-refractivity contribution is -0.114. The lowest BCUT2D eigenvalue weighted by Gasteiger charge is -2.27. The van der Waals surface area contributed by atoms with Crippen LogP contribution in [0.25, 0.3) is 0 Å². The Morgan fingerprint density at radius 3 is 2.21 bits per heavy atom. The van der Waals surface area contributed by atoms with Gasteiger partial charge in [0.1, 0.15) is 0 Å². The van der Waals surface area contributed by atoms with Crippen LogP contribution in [-0.2, 0) is 4.79 Å².